The van der Waals surface area contributed by atoms with Gasteiger partial charge in [0.2, 0.25) is 0 Å². The van der Waals surface area contributed by atoms with Crippen molar-refractivity contribution < 1.29 is 4.74 Å². The van der Waals surface area contributed by atoms with Crippen molar-refractivity contribution in [1.29, 1.82) is 0 Å². The van der Waals surface area contributed by atoms with Gasteiger partial charge in [-0.15, -0.1) is 0 Å². The van der Waals surface area contributed by atoms with Gasteiger partial charge in [-0.05, 0) is 45.9 Å². The number of likely N-dealkylation sites (tertiary alicyclic amines) is 1. The van der Waals surface area contributed by atoms with Gasteiger partial charge in [0, 0.05) is 13.7 Å². The molecule has 1 heterocycles. The maximum Gasteiger partial charge on any atom is 0.0984 e. The Hall–Kier alpha value is -0.120. The first-order chi connectivity index (χ1) is 6.22. The standard InChI is InChI=1S/C10H22N2O/c1-11-6-4-10(5-7-11)8-12(2)9-13-3/h10H,4-9H2,1-3H3. The highest BCUT2D eigenvalue weighted by Gasteiger charge is 2.17. The van der Waals surface area contributed by atoms with E-state index in [1.807, 2.05) is 0 Å². The van der Waals surface area contributed by atoms with Gasteiger partial charge < -0.3 is 9.64 Å². The molecule has 0 aromatic carbocycles. The van der Waals surface area contributed by atoms with Gasteiger partial charge in [-0.2, -0.15) is 0 Å². The highest BCUT2D eigenvalue weighted by Crippen LogP contribution is 2.16. The third kappa shape index (κ3) is 4.07. The largest absolute Gasteiger partial charge is 0.369 e. The van der Waals surface area contributed by atoms with Crippen molar-refractivity contribution in [1.82, 2.24) is 9.80 Å². The van der Waals surface area contributed by atoms with Gasteiger partial charge in [-0.25, -0.2) is 0 Å². The molecule has 0 atom stereocenters. The second kappa shape index (κ2) is 5.58. The first-order valence-corrected chi connectivity index (χ1v) is 5.08. The predicted molar refractivity (Wildman–Crippen MR) is 54.7 cm³/mol. The SMILES string of the molecule is COCN(C)CC1CCN(C)CC1. The Morgan fingerprint density at radius 2 is 2.00 bits per heavy atom. The van der Waals surface area contributed by atoms with Crippen LogP contribution < -0.4 is 0 Å². The second-order valence-corrected chi connectivity index (χ2v) is 4.20. The van der Waals surface area contributed by atoms with Crippen molar-refractivity contribution in [3.8, 4) is 0 Å². The molecule has 0 saturated carbocycles. The van der Waals surface area contributed by atoms with Gasteiger partial charge in [-0.3, -0.25) is 4.90 Å². The van der Waals surface area contributed by atoms with Crippen molar-refractivity contribution >= 4 is 0 Å². The second-order valence-electron chi connectivity index (χ2n) is 4.20. The van der Waals surface area contributed by atoms with Crippen LogP contribution in [-0.2, 0) is 4.74 Å². The molecule has 0 aromatic heterocycles. The number of methoxy groups -OCH3 is 1. The molecule has 0 N–H and O–H groups in total. The molecule has 1 aliphatic heterocycles. The molecular formula is C10H22N2O. The summed E-state index contributed by atoms with van der Waals surface area (Å²) in [6.45, 7) is 4.45. The number of ether oxygens (including phenoxy) is 1. The molecule has 0 amide bonds. The van der Waals surface area contributed by atoms with Crippen LogP contribution >= 0.6 is 0 Å². The molecule has 3 nitrogen and oxygen atoms in total. The minimum atomic E-state index is 0.756. The normalized spacial score (nSPS) is 21.2. The van der Waals surface area contributed by atoms with Gasteiger partial charge >= 0.3 is 0 Å². The summed E-state index contributed by atoms with van der Waals surface area (Å²) in [5.41, 5.74) is 0. The zero-order chi connectivity index (χ0) is 9.68. The van der Waals surface area contributed by atoms with Gasteiger partial charge in [0.15, 0.2) is 0 Å². The summed E-state index contributed by atoms with van der Waals surface area (Å²) in [6, 6.07) is 0. The first kappa shape index (κ1) is 11.0. The molecule has 13 heavy (non-hydrogen) atoms. The van der Waals surface area contributed by atoms with Crippen molar-refractivity contribution in [2.24, 2.45) is 5.92 Å². The fourth-order valence-corrected chi connectivity index (χ4v) is 1.96. The Morgan fingerprint density at radius 3 is 2.54 bits per heavy atom. The Morgan fingerprint density at radius 1 is 1.38 bits per heavy atom. The summed E-state index contributed by atoms with van der Waals surface area (Å²) < 4.78 is 5.08. The fraction of sp³-hybridized carbons (Fsp3) is 1.00. The maximum atomic E-state index is 5.08. The lowest BCUT2D eigenvalue weighted by molar-refractivity contribution is 0.0615. The average molecular weight is 186 g/mol. The minimum Gasteiger partial charge on any atom is -0.369 e. The van der Waals surface area contributed by atoms with Gasteiger partial charge in [-0.1, -0.05) is 0 Å². The molecule has 1 aliphatic rings. The molecule has 1 fully saturated rings. The summed E-state index contributed by atoms with van der Waals surface area (Å²) in [4.78, 5) is 4.67. The number of hydrogen-bond acceptors (Lipinski definition) is 3. The molecular weight excluding hydrogens is 164 g/mol. The third-order valence-corrected chi connectivity index (χ3v) is 2.76. The van der Waals surface area contributed by atoms with E-state index in [4.69, 9.17) is 4.74 Å². The highest BCUT2D eigenvalue weighted by atomic mass is 16.5. The van der Waals surface area contributed by atoms with Gasteiger partial charge in [0.25, 0.3) is 0 Å². The van der Waals surface area contributed by atoms with E-state index in [2.05, 4.69) is 23.9 Å². The van der Waals surface area contributed by atoms with Gasteiger partial charge in [0.1, 0.15) is 0 Å². The Kier molecular flexibility index (Phi) is 4.70. The van der Waals surface area contributed by atoms with E-state index in [-0.39, 0.29) is 0 Å². The van der Waals surface area contributed by atoms with Crippen LogP contribution in [0.15, 0.2) is 0 Å². The smallest absolute Gasteiger partial charge is 0.0984 e. The Bertz CT molecular complexity index is 133. The zero-order valence-corrected chi connectivity index (χ0v) is 9.12. The summed E-state index contributed by atoms with van der Waals surface area (Å²) in [6.07, 6.45) is 2.68. The fourth-order valence-electron chi connectivity index (χ4n) is 1.96. The molecule has 0 aliphatic carbocycles. The Balaban J connectivity index is 2.14. The van der Waals surface area contributed by atoms with Crippen LogP contribution in [0.5, 0.6) is 0 Å². The van der Waals surface area contributed by atoms with Crippen LogP contribution in [0.4, 0.5) is 0 Å². The van der Waals surface area contributed by atoms with Crippen molar-refractivity contribution in [3.05, 3.63) is 0 Å². The van der Waals surface area contributed by atoms with Crippen LogP contribution in [0.3, 0.4) is 0 Å². The van der Waals surface area contributed by atoms with Crippen LogP contribution in [0.1, 0.15) is 12.8 Å². The van der Waals surface area contributed by atoms with Crippen molar-refractivity contribution in [2.45, 2.75) is 12.8 Å². The summed E-state index contributed by atoms with van der Waals surface area (Å²) in [5.74, 6) is 0.872. The third-order valence-electron chi connectivity index (χ3n) is 2.76. The maximum absolute atomic E-state index is 5.08. The van der Waals surface area contributed by atoms with Crippen molar-refractivity contribution in [2.75, 3.05) is 47.6 Å². The van der Waals surface area contributed by atoms with Gasteiger partial charge in [0.05, 0.1) is 6.73 Å². The average Bonchev–Trinajstić information content (AvgIpc) is 2.09. The molecule has 78 valence electrons. The summed E-state index contributed by atoms with van der Waals surface area (Å²) >= 11 is 0. The van der Waals surface area contributed by atoms with Crippen LogP contribution in [0.25, 0.3) is 0 Å². The van der Waals surface area contributed by atoms with E-state index in [0.29, 0.717) is 0 Å². The minimum absolute atomic E-state index is 0.756. The molecule has 1 rings (SSSR count). The zero-order valence-electron chi connectivity index (χ0n) is 9.12. The topological polar surface area (TPSA) is 15.7 Å². The van der Waals surface area contributed by atoms with E-state index in [9.17, 15) is 0 Å². The first-order valence-electron chi connectivity index (χ1n) is 5.08. The molecule has 0 spiro atoms. The predicted octanol–water partition coefficient (Wildman–Crippen LogP) is 0.864. The number of hydrogen-bond donors (Lipinski definition) is 0. The lowest BCUT2D eigenvalue weighted by Gasteiger charge is -2.31. The lowest BCUT2D eigenvalue weighted by atomic mass is 9.97. The molecule has 1 saturated heterocycles. The van der Waals surface area contributed by atoms with Crippen molar-refractivity contribution in [3.63, 3.8) is 0 Å². The van der Waals surface area contributed by atoms with Crippen LogP contribution in [0, 0.1) is 5.92 Å². The van der Waals surface area contributed by atoms with E-state index >= 15 is 0 Å². The molecule has 0 aromatic rings. The summed E-state index contributed by atoms with van der Waals surface area (Å²) in [5, 5.41) is 0. The molecule has 0 bridgehead atoms. The quantitative estimate of drug-likeness (QED) is 0.606. The van der Waals surface area contributed by atoms with E-state index in [1.165, 1.54) is 32.5 Å². The van der Waals surface area contributed by atoms with E-state index in [0.717, 1.165) is 12.6 Å². The lowest BCUT2D eigenvalue weighted by Crippen LogP contribution is -2.36. The highest BCUT2D eigenvalue weighted by molar-refractivity contribution is 4.71. The monoisotopic (exact) mass is 186 g/mol. The number of piperidine rings is 1. The summed E-state index contributed by atoms with van der Waals surface area (Å²) in [7, 11) is 6.09. The molecule has 0 radical (unpaired) electrons. The van der Waals surface area contributed by atoms with E-state index < -0.39 is 0 Å². The molecule has 0 unspecified atom stereocenters. The Labute approximate surface area is 81.7 Å². The van der Waals surface area contributed by atoms with Crippen LogP contribution in [-0.4, -0.2) is 57.4 Å². The number of rotatable bonds is 4. The van der Waals surface area contributed by atoms with Crippen LogP contribution in [0.2, 0.25) is 0 Å². The number of nitrogens with zero attached hydrogens (tertiary/aromatic N) is 2. The molecule has 3 heteroatoms. The van der Waals surface area contributed by atoms with E-state index in [1.54, 1.807) is 7.11 Å².